The number of anilines is 4. The minimum atomic E-state index is -1.19. The number of benzene rings is 2. The number of aromatic nitrogens is 3. The summed E-state index contributed by atoms with van der Waals surface area (Å²) in [7, 11) is 1.22. The number of amides is 5. The molecule has 0 spiro atoms. The van der Waals surface area contributed by atoms with Crippen molar-refractivity contribution in [1.29, 1.82) is 0 Å². The smallest absolute Gasteiger partial charge is 0.324 e. The van der Waals surface area contributed by atoms with Gasteiger partial charge in [0.2, 0.25) is 11.9 Å². The molecule has 3 atom stereocenters. The molecule has 3 aromatic rings. The molecule has 4 saturated heterocycles. The van der Waals surface area contributed by atoms with E-state index in [4.69, 9.17) is 10.5 Å². The molecule has 8 rings (SSSR count). The summed E-state index contributed by atoms with van der Waals surface area (Å²) in [4.78, 5) is 90.9. The Kier molecular flexibility index (Phi) is 12.5. The molecule has 4 fully saturated rings. The van der Waals surface area contributed by atoms with Crippen LogP contribution in [0.2, 0.25) is 0 Å². The summed E-state index contributed by atoms with van der Waals surface area (Å²) < 4.78 is 4.85. The molecule has 2 unspecified atom stereocenters. The number of esters is 1. The minimum absolute atomic E-state index is 0.00327. The standard InChI is InChI=1S/C44H55N11O7/c1-26(2)36(43(61)62-3)50-55-35(56)14-13-34(42(55)60)54-40(58)32-12-11-31(23-33(32)41(54)59)53-22-15-27(25-53)24-51-20-16-29(17-21-51)28-7-9-30(10-8-28)46-39-37(38(45)57)48-49-44(47-39)52-18-5-4-6-19-52/h7-12,23,26-27,29,34,36,50H,4-6,13-22,24-25H2,1-3H3,(H2,45,57)(H,46,47,49)/t27?,34?,36-/m0/s1. The van der Waals surface area contributed by atoms with Gasteiger partial charge < -0.3 is 30.5 Å². The van der Waals surface area contributed by atoms with Gasteiger partial charge in [0.05, 0.1) is 18.2 Å². The first-order chi connectivity index (χ1) is 29.9. The molecule has 5 aliphatic heterocycles. The average molecular weight is 850 g/mol. The summed E-state index contributed by atoms with van der Waals surface area (Å²) in [5.74, 6) is -2.43. The third-order valence-electron chi connectivity index (χ3n) is 12.9. The lowest BCUT2D eigenvalue weighted by atomic mass is 9.89. The molecule has 18 nitrogen and oxygen atoms in total. The molecule has 5 amide bonds. The van der Waals surface area contributed by atoms with Gasteiger partial charge in [-0.2, -0.15) is 4.98 Å². The van der Waals surface area contributed by atoms with Crippen LogP contribution in [0.5, 0.6) is 0 Å². The van der Waals surface area contributed by atoms with Crippen molar-refractivity contribution < 1.29 is 33.5 Å². The van der Waals surface area contributed by atoms with Crippen molar-refractivity contribution >= 4 is 58.6 Å². The van der Waals surface area contributed by atoms with Crippen LogP contribution >= 0.6 is 0 Å². The Morgan fingerprint density at radius 1 is 0.855 bits per heavy atom. The maximum atomic E-state index is 13.8. The molecule has 5 aliphatic rings. The molecule has 0 saturated carbocycles. The highest BCUT2D eigenvalue weighted by Gasteiger charge is 2.48. The van der Waals surface area contributed by atoms with E-state index in [1.807, 2.05) is 18.2 Å². The summed E-state index contributed by atoms with van der Waals surface area (Å²) in [5.41, 5.74) is 11.7. The maximum absolute atomic E-state index is 13.8. The Morgan fingerprint density at radius 3 is 2.27 bits per heavy atom. The SMILES string of the molecule is COC(=O)[C@@H](NN1C(=O)CCC(N2C(=O)c3ccc(N4CCC(CN5CCC(c6ccc(Nc7nc(N8CCCCC8)nnc7C(N)=O)cc6)CC5)C4)cc3C2=O)C1=O)C(C)C. The Labute approximate surface area is 360 Å². The molecular weight excluding hydrogens is 795 g/mol. The van der Waals surface area contributed by atoms with E-state index in [0.717, 1.165) is 99.2 Å². The largest absolute Gasteiger partial charge is 0.468 e. The van der Waals surface area contributed by atoms with Crippen molar-refractivity contribution in [3.05, 3.63) is 64.8 Å². The number of fused-ring (bicyclic) bond motifs is 1. The van der Waals surface area contributed by atoms with Crippen LogP contribution in [0.25, 0.3) is 0 Å². The van der Waals surface area contributed by atoms with E-state index in [2.05, 4.69) is 52.8 Å². The summed E-state index contributed by atoms with van der Waals surface area (Å²) in [6.45, 7) is 9.78. The number of hydrogen-bond donors (Lipinski definition) is 3. The third-order valence-corrected chi connectivity index (χ3v) is 12.9. The second-order valence-electron chi connectivity index (χ2n) is 17.3. The van der Waals surface area contributed by atoms with Gasteiger partial charge in [-0.25, -0.2) is 10.4 Å². The van der Waals surface area contributed by atoms with Crippen LogP contribution in [0.15, 0.2) is 42.5 Å². The summed E-state index contributed by atoms with van der Waals surface area (Å²) in [5, 5.41) is 12.3. The number of piperidine rings is 3. The number of nitrogens with zero attached hydrogens (tertiary/aromatic N) is 8. The monoisotopic (exact) mass is 849 g/mol. The number of carbonyl (C=O) groups excluding carboxylic acids is 6. The van der Waals surface area contributed by atoms with E-state index < -0.39 is 47.6 Å². The first kappa shape index (κ1) is 42.7. The number of nitrogens with two attached hydrogens (primary N) is 1. The number of hydrogen-bond acceptors (Lipinski definition) is 15. The number of carbonyl (C=O) groups is 6. The molecular formula is C44H55N11O7. The van der Waals surface area contributed by atoms with Crippen molar-refractivity contribution in [2.24, 2.45) is 17.6 Å². The number of imide groups is 2. The van der Waals surface area contributed by atoms with Gasteiger partial charge >= 0.3 is 5.97 Å². The maximum Gasteiger partial charge on any atom is 0.324 e. The van der Waals surface area contributed by atoms with Gasteiger partial charge in [0.1, 0.15) is 12.1 Å². The number of methoxy groups -OCH3 is 1. The van der Waals surface area contributed by atoms with Crippen LogP contribution in [0.4, 0.5) is 23.1 Å². The highest BCUT2D eigenvalue weighted by molar-refractivity contribution is 6.23. The van der Waals surface area contributed by atoms with Gasteiger partial charge in [0, 0.05) is 50.5 Å². The van der Waals surface area contributed by atoms with Crippen LogP contribution in [-0.2, 0) is 19.1 Å². The molecule has 1 aromatic heterocycles. The van der Waals surface area contributed by atoms with Crippen molar-refractivity contribution in [3.63, 3.8) is 0 Å². The number of hydrazine groups is 1. The van der Waals surface area contributed by atoms with Crippen LogP contribution in [-0.4, -0.2) is 131 Å². The first-order valence-electron chi connectivity index (χ1n) is 21.8. The topological polar surface area (TPSA) is 217 Å². The van der Waals surface area contributed by atoms with E-state index >= 15 is 0 Å². The number of nitrogens with one attached hydrogen (secondary N) is 2. The van der Waals surface area contributed by atoms with Crippen molar-refractivity contribution in [1.82, 2.24) is 35.4 Å². The van der Waals surface area contributed by atoms with Gasteiger partial charge in [0.25, 0.3) is 23.6 Å². The van der Waals surface area contributed by atoms with E-state index in [9.17, 15) is 28.8 Å². The van der Waals surface area contributed by atoms with Gasteiger partial charge in [-0.05, 0) is 112 Å². The van der Waals surface area contributed by atoms with E-state index in [0.29, 0.717) is 23.6 Å². The average Bonchev–Trinajstić information content (AvgIpc) is 3.85. The zero-order chi connectivity index (χ0) is 43.7. The van der Waals surface area contributed by atoms with Gasteiger partial charge in [-0.3, -0.25) is 33.7 Å². The normalized spacial score (nSPS) is 21.8. The van der Waals surface area contributed by atoms with E-state index in [1.54, 1.807) is 26.0 Å². The van der Waals surface area contributed by atoms with E-state index in [-0.39, 0.29) is 35.6 Å². The molecule has 328 valence electrons. The molecule has 18 heteroatoms. The zero-order valence-electron chi connectivity index (χ0n) is 35.5. The number of likely N-dealkylation sites (tertiary alicyclic amines) is 1. The van der Waals surface area contributed by atoms with Gasteiger partial charge in [-0.15, -0.1) is 10.2 Å². The number of primary amides is 1. The predicted molar refractivity (Wildman–Crippen MR) is 228 cm³/mol. The van der Waals surface area contributed by atoms with Crippen molar-refractivity contribution in [2.75, 3.05) is 68.0 Å². The van der Waals surface area contributed by atoms with Gasteiger partial charge in [-0.1, -0.05) is 26.0 Å². The summed E-state index contributed by atoms with van der Waals surface area (Å²) in [6.07, 6.45) is 6.29. The van der Waals surface area contributed by atoms with Crippen LogP contribution in [0, 0.1) is 11.8 Å². The quantitative estimate of drug-likeness (QED) is 0.166. The van der Waals surface area contributed by atoms with Crippen LogP contribution in [0.3, 0.4) is 0 Å². The highest BCUT2D eigenvalue weighted by Crippen LogP contribution is 2.35. The fourth-order valence-corrected chi connectivity index (χ4v) is 9.41. The van der Waals surface area contributed by atoms with Crippen molar-refractivity contribution in [2.45, 2.75) is 83.2 Å². The second-order valence-corrected chi connectivity index (χ2v) is 17.3. The lowest BCUT2D eigenvalue weighted by molar-refractivity contribution is -0.160. The molecule has 0 bridgehead atoms. The fraction of sp³-hybridized carbons (Fsp3) is 0.523. The number of ether oxygens (including phenoxy) is 1. The Hall–Kier alpha value is -6.01. The fourth-order valence-electron chi connectivity index (χ4n) is 9.41. The molecule has 4 N–H and O–H groups in total. The van der Waals surface area contributed by atoms with Crippen LogP contribution < -0.4 is 26.3 Å². The molecule has 0 radical (unpaired) electrons. The molecule has 62 heavy (non-hydrogen) atoms. The molecule has 6 heterocycles. The Bertz CT molecular complexity index is 2220. The van der Waals surface area contributed by atoms with Crippen molar-refractivity contribution in [3.8, 4) is 0 Å². The molecule has 2 aromatic carbocycles. The highest BCUT2D eigenvalue weighted by atomic mass is 16.5. The number of rotatable bonds is 13. The summed E-state index contributed by atoms with van der Waals surface area (Å²) in [6, 6.07) is 11.4. The zero-order valence-corrected chi connectivity index (χ0v) is 35.5. The lowest BCUT2D eigenvalue weighted by Crippen LogP contribution is -2.63. The Morgan fingerprint density at radius 2 is 1.58 bits per heavy atom. The summed E-state index contributed by atoms with van der Waals surface area (Å²) >= 11 is 0. The minimum Gasteiger partial charge on any atom is -0.468 e. The van der Waals surface area contributed by atoms with Gasteiger partial charge in [0.15, 0.2) is 11.5 Å². The van der Waals surface area contributed by atoms with E-state index in [1.165, 1.54) is 19.1 Å². The Balaban J connectivity index is 0.837. The molecule has 0 aliphatic carbocycles. The third kappa shape index (κ3) is 8.70. The predicted octanol–water partition coefficient (Wildman–Crippen LogP) is 3.23. The lowest BCUT2D eigenvalue weighted by Gasteiger charge is -2.36. The van der Waals surface area contributed by atoms with Crippen LogP contribution in [0.1, 0.15) is 108 Å². The second kappa shape index (κ2) is 18.1. The first-order valence-corrected chi connectivity index (χ1v) is 21.8.